The first-order valence-corrected chi connectivity index (χ1v) is 5.19. The zero-order valence-electron chi connectivity index (χ0n) is 9.70. The Morgan fingerprint density at radius 3 is 2.27 bits per heavy atom. The SMILES string of the molecule is Cc1ccc(-n2nc(C)cc2C)c(C)c1. The first-order chi connectivity index (χ1) is 7.08. The second kappa shape index (κ2) is 3.54. The van der Waals surface area contributed by atoms with Crippen molar-refractivity contribution in [3.8, 4) is 5.69 Å². The van der Waals surface area contributed by atoms with E-state index in [-0.39, 0.29) is 0 Å². The van der Waals surface area contributed by atoms with Crippen LogP contribution in [-0.4, -0.2) is 9.78 Å². The van der Waals surface area contributed by atoms with Gasteiger partial charge in [0, 0.05) is 5.69 Å². The normalized spacial score (nSPS) is 10.7. The van der Waals surface area contributed by atoms with Gasteiger partial charge in [-0.2, -0.15) is 5.10 Å². The Morgan fingerprint density at radius 2 is 1.73 bits per heavy atom. The molecule has 0 saturated heterocycles. The minimum absolute atomic E-state index is 1.06. The molecule has 1 aromatic carbocycles. The molecule has 0 N–H and O–H groups in total. The van der Waals surface area contributed by atoms with Crippen LogP contribution in [0.3, 0.4) is 0 Å². The van der Waals surface area contributed by atoms with E-state index >= 15 is 0 Å². The number of benzene rings is 1. The van der Waals surface area contributed by atoms with Crippen molar-refractivity contribution in [2.24, 2.45) is 0 Å². The molecule has 15 heavy (non-hydrogen) atoms. The predicted octanol–water partition coefficient (Wildman–Crippen LogP) is 3.11. The van der Waals surface area contributed by atoms with Crippen molar-refractivity contribution in [3.05, 3.63) is 46.8 Å². The lowest BCUT2D eigenvalue weighted by Gasteiger charge is -2.08. The average molecular weight is 200 g/mol. The molecule has 2 rings (SSSR count). The predicted molar refractivity (Wildman–Crippen MR) is 62.5 cm³/mol. The summed E-state index contributed by atoms with van der Waals surface area (Å²) in [5.41, 5.74) is 5.97. The standard InChI is InChI=1S/C13H16N2/c1-9-5-6-13(10(2)7-9)15-12(4)8-11(3)14-15/h5-8H,1-4H3. The molecule has 2 nitrogen and oxygen atoms in total. The lowest BCUT2D eigenvalue weighted by Crippen LogP contribution is -2.01. The lowest BCUT2D eigenvalue weighted by molar-refractivity contribution is 0.827. The van der Waals surface area contributed by atoms with E-state index in [1.54, 1.807) is 0 Å². The van der Waals surface area contributed by atoms with Gasteiger partial charge in [-0.15, -0.1) is 0 Å². The Bertz CT molecular complexity index is 495. The second-order valence-corrected chi connectivity index (χ2v) is 4.13. The molecule has 0 aliphatic rings. The highest BCUT2D eigenvalue weighted by Gasteiger charge is 2.05. The molecular formula is C13H16N2. The molecule has 1 heterocycles. The Kier molecular flexibility index (Phi) is 2.35. The number of aryl methyl sites for hydroxylation is 4. The minimum Gasteiger partial charge on any atom is -0.238 e. The summed E-state index contributed by atoms with van der Waals surface area (Å²) >= 11 is 0. The highest BCUT2D eigenvalue weighted by atomic mass is 15.3. The molecule has 0 aliphatic heterocycles. The first-order valence-electron chi connectivity index (χ1n) is 5.19. The van der Waals surface area contributed by atoms with Gasteiger partial charge in [-0.25, -0.2) is 4.68 Å². The number of nitrogens with zero attached hydrogens (tertiary/aromatic N) is 2. The van der Waals surface area contributed by atoms with Gasteiger partial charge in [0.25, 0.3) is 0 Å². The molecule has 2 heteroatoms. The molecule has 0 unspecified atom stereocenters. The number of hydrogen-bond acceptors (Lipinski definition) is 1. The van der Waals surface area contributed by atoms with Gasteiger partial charge in [0.1, 0.15) is 0 Å². The van der Waals surface area contributed by atoms with Crippen LogP contribution in [0.15, 0.2) is 24.3 Å². The maximum Gasteiger partial charge on any atom is 0.0678 e. The van der Waals surface area contributed by atoms with Crippen molar-refractivity contribution in [1.29, 1.82) is 0 Å². The van der Waals surface area contributed by atoms with Gasteiger partial charge in [0.15, 0.2) is 0 Å². The summed E-state index contributed by atoms with van der Waals surface area (Å²) in [6.07, 6.45) is 0. The Hall–Kier alpha value is -1.57. The molecule has 0 saturated carbocycles. The molecule has 0 radical (unpaired) electrons. The molecule has 0 amide bonds. The van der Waals surface area contributed by atoms with Gasteiger partial charge in [-0.1, -0.05) is 17.7 Å². The van der Waals surface area contributed by atoms with Crippen LogP contribution in [0.25, 0.3) is 5.69 Å². The van der Waals surface area contributed by atoms with Crippen LogP contribution in [0.1, 0.15) is 22.5 Å². The van der Waals surface area contributed by atoms with Gasteiger partial charge in [-0.05, 0) is 45.4 Å². The molecule has 0 spiro atoms. The van der Waals surface area contributed by atoms with Gasteiger partial charge >= 0.3 is 0 Å². The lowest BCUT2D eigenvalue weighted by atomic mass is 10.1. The van der Waals surface area contributed by atoms with E-state index < -0.39 is 0 Å². The molecule has 0 aliphatic carbocycles. The molecule has 1 aromatic heterocycles. The van der Waals surface area contributed by atoms with Crippen molar-refractivity contribution < 1.29 is 0 Å². The molecule has 0 atom stereocenters. The van der Waals surface area contributed by atoms with Gasteiger partial charge in [0.2, 0.25) is 0 Å². The van der Waals surface area contributed by atoms with Crippen molar-refractivity contribution in [2.75, 3.05) is 0 Å². The van der Waals surface area contributed by atoms with E-state index in [1.165, 1.54) is 22.5 Å². The highest BCUT2D eigenvalue weighted by molar-refractivity contribution is 5.43. The summed E-state index contributed by atoms with van der Waals surface area (Å²) in [5.74, 6) is 0. The van der Waals surface area contributed by atoms with Crippen molar-refractivity contribution in [2.45, 2.75) is 27.7 Å². The summed E-state index contributed by atoms with van der Waals surface area (Å²) in [7, 11) is 0. The zero-order chi connectivity index (χ0) is 11.0. The quantitative estimate of drug-likeness (QED) is 0.691. The van der Waals surface area contributed by atoms with Crippen LogP contribution < -0.4 is 0 Å². The third kappa shape index (κ3) is 1.80. The van der Waals surface area contributed by atoms with E-state index in [2.05, 4.69) is 50.1 Å². The Balaban J connectivity index is 2.59. The molecule has 0 fully saturated rings. The topological polar surface area (TPSA) is 17.8 Å². The van der Waals surface area contributed by atoms with E-state index in [1.807, 2.05) is 11.6 Å². The monoisotopic (exact) mass is 200 g/mol. The molecule has 0 bridgehead atoms. The maximum absolute atomic E-state index is 4.49. The molecule has 2 aromatic rings. The Morgan fingerprint density at radius 1 is 1.00 bits per heavy atom. The third-order valence-electron chi connectivity index (χ3n) is 2.59. The first kappa shape index (κ1) is 9.97. The van der Waals surface area contributed by atoms with Crippen molar-refractivity contribution >= 4 is 0 Å². The van der Waals surface area contributed by atoms with Gasteiger partial charge < -0.3 is 0 Å². The smallest absolute Gasteiger partial charge is 0.0678 e. The van der Waals surface area contributed by atoms with Crippen LogP contribution in [0.2, 0.25) is 0 Å². The summed E-state index contributed by atoms with van der Waals surface area (Å²) in [6.45, 7) is 8.34. The van der Waals surface area contributed by atoms with Crippen molar-refractivity contribution in [1.82, 2.24) is 9.78 Å². The fraction of sp³-hybridized carbons (Fsp3) is 0.308. The van der Waals surface area contributed by atoms with Crippen molar-refractivity contribution in [3.63, 3.8) is 0 Å². The van der Waals surface area contributed by atoms with Crippen LogP contribution in [-0.2, 0) is 0 Å². The molecule has 78 valence electrons. The maximum atomic E-state index is 4.49. The summed E-state index contributed by atoms with van der Waals surface area (Å²) < 4.78 is 2.00. The second-order valence-electron chi connectivity index (χ2n) is 4.13. The van der Waals surface area contributed by atoms with Gasteiger partial charge in [-0.3, -0.25) is 0 Å². The van der Waals surface area contributed by atoms with E-state index in [0.717, 1.165) is 5.69 Å². The van der Waals surface area contributed by atoms with Crippen LogP contribution in [0.4, 0.5) is 0 Å². The van der Waals surface area contributed by atoms with E-state index in [0.29, 0.717) is 0 Å². The number of hydrogen-bond donors (Lipinski definition) is 0. The summed E-state index contributed by atoms with van der Waals surface area (Å²) in [4.78, 5) is 0. The number of rotatable bonds is 1. The third-order valence-corrected chi connectivity index (χ3v) is 2.59. The number of aromatic nitrogens is 2. The summed E-state index contributed by atoms with van der Waals surface area (Å²) in [5, 5.41) is 4.49. The van der Waals surface area contributed by atoms with Crippen LogP contribution in [0.5, 0.6) is 0 Å². The zero-order valence-corrected chi connectivity index (χ0v) is 9.70. The van der Waals surface area contributed by atoms with Crippen LogP contribution >= 0.6 is 0 Å². The average Bonchev–Trinajstić information content (AvgIpc) is 2.45. The van der Waals surface area contributed by atoms with E-state index in [9.17, 15) is 0 Å². The fourth-order valence-electron chi connectivity index (χ4n) is 1.92. The Labute approximate surface area is 90.6 Å². The summed E-state index contributed by atoms with van der Waals surface area (Å²) in [6, 6.07) is 8.54. The highest BCUT2D eigenvalue weighted by Crippen LogP contribution is 2.17. The molecular weight excluding hydrogens is 184 g/mol. The van der Waals surface area contributed by atoms with E-state index in [4.69, 9.17) is 0 Å². The fourth-order valence-corrected chi connectivity index (χ4v) is 1.92. The minimum atomic E-state index is 1.06. The largest absolute Gasteiger partial charge is 0.238 e. The van der Waals surface area contributed by atoms with Gasteiger partial charge in [0.05, 0.1) is 11.4 Å². The van der Waals surface area contributed by atoms with Crippen LogP contribution in [0, 0.1) is 27.7 Å².